The number of amides is 1. The zero-order valence-corrected chi connectivity index (χ0v) is 23.2. The number of benzene rings is 2. The maximum Gasteiger partial charge on any atom is 0.411 e. The lowest BCUT2D eigenvalue weighted by atomic mass is 10.0. The largest absolute Gasteiger partial charge is 0.465 e. The summed E-state index contributed by atoms with van der Waals surface area (Å²) in [6.45, 7) is 5.53. The Kier molecular flexibility index (Phi) is 7.55. The summed E-state index contributed by atoms with van der Waals surface area (Å²) in [7, 11) is 1.52. The summed E-state index contributed by atoms with van der Waals surface area (Å²) in [4.78, 5) is 27.2. The maximum atomic E-state index is 11.4. The number of hydrogen-bond acceptors (Lipinski definition) is 7. The van der Waals surface area contributed by atoms with E-state index in [0.29, 0.717) is 24.7 Å². The molecule has 0 saturated carbocycles. The molecular formula is C29H32ClN7O3. The lowest BCUT2D eigenvalue weighted by molar-refractivity contribution is 0.122. The van der Waals surface area contributed by atoms with Crippen molar-refractivity contribution in [3.8, 4) is 11.4 Å². The van der Waals surface area contributed by atoms with Crippen LogP contribution in [0.2, 0.25) is 5.02 Å². The first-order chi connectivity index (χ1) is 19.5. The van der Waals surface area contributed by atoms with E-state index in [1.54, 1.807) is 12.1 Å². The maximum absolute atomic E-state index is 11.4. The van der Waals surface area contributed by atoms with E-state index in [1.165, 1.54) is 11.9 Å². The van der Waals surface area contributed by atoms with Gasteiger partial charge in [0.15, 0.2) is 11.5 Å². The Hall–Kier alpha value is -3.73. The number of carbonyl (C=O) groups is 1. The number of likely N-dealkylation sites (tertiary alicyclic amines) is 1. The average Bonchev–Trinajstić information content (AvgIpc) is 3.42. The van der Waals surface area contributed by atoms with E-state index >= 15 is 0 Å². The molecule has 0 aliphatic carbocycles. The fourth-order valence-electron chi connectivity index (χ4n) is 5.46. The molecule has 2 fully saturated rings. The van der Waals surface area contributed by atoms with Crippen LogP contribution in [-0.4, -0.2) is 82.3 Å². The molecule has 40 heavy (non-hydrogen) atoms. The molecule has 11 heteroatoms. The van der Waals surface area contributed by atoms with E-state index in [4.69, 9.17) is 31.4 Å². The van der Waals surface area contributed by atoms with Crippen molar-refractivity contribution in [2.45, 2.75) is 25.4 Å². The Balaban J connectivity index is 1.30. The summed E-state index contributed by atoms with van der Waals surface area (Å²) in [6.07, 6.45) is 2.81. The van der Waals surface area contributed by atoms with Crippen LogP contribution < -0.4 is 9.80 Å². The number of hydrogen-bond donors (Lipinski definition) is 1. The van der Waals surface area contributed by atoms with Crippen LogP contribution in [0.15, 0.2) is 54.7 Å². The molecule has 0 unspecified atom stereocenters. The van der Waals surface area contributed by atoms with Crippen molar-refractivity contribution in [1.29, 1.82) is 0 Å². The summed E-state index contributed by atoms with van der Waals surface area (Å²) in [5, 5.41) is 15.9. The fraction of sp³-hybridized carbons (Fsp3) is 0.379. The van der Waals surface area contributed by atoms with Crippen molar-refractivity contribution in [2.75, 3.05) is 56.2 Å². The molecule has 0 spiro atoms. The Bertz CT molecular complexity index is 1500. The smallest absolute Gasteiger partial charge is 0.411 e. The first-order valence-electron chi connectivity index (χ1n) is 13.6. The second kappa shape index (κ2) is 11.4. The summed E-state index contributed by atoms with van der Waals surface area (Å²) in [6, 6.07) is 15.5. The molecule has 6 rings (SSSR count). The summed E-state index contributed by atoms with van der Waals surface area (Å²) in [5.74, 6) is 1.45. The first kappa shape index (κ1) is 26.5. The molecule has 0 bridgehead atoms. The lowest BCUT2D eigenvalue weighted by Crippen LogP contribution is -2.37. The fourth-order valence-corrected chi connectivity index (χ4v) is 5.65. The molecule has 10 nitrogen and oxygen atoms in total. The molecule has 2 aromatic heterocycles. The highest BCUT2D eigenvalue weighted by Gasteiger charge is 2.26. The summed E-state index contributed by atoms with van der Waals surface area (Å²) in [5.41, 5.74) is 3.38. The quantitative estimate of drug-likeness (QED) is 0.353. The van der Waals surface area contributed by atoms with E-state index in [0.717, 1.165) is 78.6 Å². The van der Waals surface area contributed by atoms with E-state index < -0.39 is 6.09 Å². The minimum absolute atomic E-state index is 0.229. The van der Waals surface area contributed by atoms with Gasteiger partial charge in [0.2, 0.25) is 0 Å². The third kappa shape index (κ3) is 5.34. The zero-order valence-electron chi connectivity index (χ0n) is 22.4. The van der Waals surface area contributed by atoms with E-state index in [1.807, 2.05) is 36.5 Å². The SMILES string of the molecule is CN(C(=O)O)c1ccc(-c2nc(N3CCOCC3)c3cnn(C4CCN(Cc5ccccc5Cl)CC4)c3n2)cc1. The van der Waals surface area contributed by atoms with Crippen molar-refractivity contribution in [3.63, 3.8) is 0 Å². The molecule has 1 N–H and O–H groups in total. The first-order valence-corrected chi connectivity index (χ1v) is 14.0. The van der Waals surface area contributed by atoms with Crippen LogP contribution in [0.3, 0.4) is 0 Å². The normalized spacial score (nSPS) is 16.9. The number of anilines is 2. The van der Waals surface area contributed by atoms with E-state index in [9.17, 15) is 9.90 Å². The molecule has 2 aliphatic rings. The highest BCUT2D eigenvalue weighted by atomic mass is 35.5. The van der Waals surface area contributed by atoms with Crippen molar-refractivity contribution in [2.24, 2.45) is 0 Å². The number of fused-ring (bicyclic) bond motifs is 1. The van der Waals surface area contributed by atoms with Gasteiger partial charge < -0.3 is 14.7 Å². The Labute approximate surface area is 237 Å². The molecule has 2 aromatic carbocycles. The minimum atomic E-state index is -1.01. The van der Waals surface area contributed by atoms with Gasteiger partial charge in [-0.25, -0.2) is 19.4 Å². The van der Waals surface area contributed by atoms with Crippen molar-refractivity contribution in [3.05, 3.63) is 65.3 Å². The monoisotopic (exact) mass is 561 g/mol. The molecule has 2 saturated heterocycles. The minimum Gasteiger partial charge on any atom is -0.465 e. The number of nitrogens with zero attached hydrogens (tertiary/aromatic N) is 7. The van der Waals surface area contributed by atoms with Gasteiger partial charge in [0.05, 0.1) is 30.8 Å². The summed E-state index contributed by atoms with van der Waals surface area (Å²) >= 11 is 6.41. The number of rotatable bonds is 6. The topological polar surface area (TPSA) is 99.8 Å². The summed E-state index contributed by atoms with van der Waals surface area (Å²) < 4.78 is 7.67. The zero-order chi connectivity index (χ0) is 27.6. The molecule has 4 aromatic rings. The lowest BCUT2D eigenvalue weighted by Gasteiger charge is -2.32. The highest BCUT2D eigenvalue weighted by molar-refractivity contribution is 6.31. The standard InChI is InChI=1S/C29H32ClN7O3/c1-34(29(38)39)22-8-6-20(7-9-22)26-32-27(36-14-16-40-17-15-36)24-18-31-37(28(24)33-26)23-10-12-35(13-11-23)19-21-4-2-3-5-25(21)30/h2-9,18,23H,10-17,19H2,1H3,(H,38,39). The Morgan fingerprint density at radius 2 is 1.77 bits per heavy atom. The van der Waals surface area contributed by atoms with Gasteiger partial charge >= 0.3 is 6.09 Å². The third-order valence-corrected chi connectivity index (χ3v) is 8.17. The number of carboxylic acid groups (broad SMARTS) is 1. The Morgan fingerprint density at radius 3 is 2.48 bits per heavy atom. The van der Waals surface area contributed by atoms with Gasteiger partial charge in [-0.3, -0.25) is 9.80 Å². The molecule has 2 aliphatic heterocycles. The van der Waals surface area contributed by atoms with E-state index in [-0.39, 0.29) is 6.04 Å². The molecule has 1 amide bonds. The van der Waals surface area contributed by atoms with Gasteiger partial charge in [0.1, 0.15) is 5.82 Å². The van der Waals surface area contributed by atoms with Crippen LogP contribution in [0.4, 0.5) is 16.3 Å². The van der Waals surface area contributed by atoms with E-state index in [2.05, 4.69) is 20.5 Å². The number of morpholine rings is 1. The van der Waals surface area contributed by atoms with Crippen molar-refractivity contribution >= 4 is 40.2 Å². The molecule has 4 heterocycles. The average molecular weight is 562 g/mol. The number of aromatic nitrogens is 4. The third-order valence-electron chi connectivity index (χ3n) is 7.80. The van der Waals surface area contributed by atoms with Gasteiger partial charge in [-0.05, 0) is 48.7 Å². The van der Waals surface area contributed by atoms with Crippen LogP contribution in [0.25, 0.3) is 22.4 Å². The van der Waals surface area contributed by atoms with Crippen LogP contribution in [0.5, 0.6) is 0 Å². The van der Waals surface area contributed by atoms with Crippen LogP contribution >= 0.6 is 11.6 Å². The number of ether oxygens (including phenoxy) is 1. The van der Waals surface area contributed by atoms with Crippen molar-refractivity contribution < 1.29 is 14.6 Å². The molecule has 0 atom stereocenters. The van der Waals surface area contributed by atoms with Gasteiger partial charge in [0.25, 0.3) is 0 Å². The number of piperidine rings is 1. The second-order valence-electron chi connectivity index (χ2n) is 10.3. The number of halogens is 1. The van der Waals surface area contributed by atoms with Crippen molar-refractivity contribution in [1.82, 2.24) is 24.6 Å². The molecule has 0 radical (unpaired) electrons. The van der Waals surface area contributed by atoms with Crippen LogP contribution in [0, 0.1) is 0 Å². The molecule has 208 valence electrons. The van der Waals surface area contributed by atoms with Crippen LogP contribution in [0.1, 0.15) is 24.4 Å². The van der Waals surface area contributed by atoms with Gasteiger partial charge in [-0.1, -0.05) is 29.8 Å². The predicted molar refractivity (Wildman–Crippen MR) is 155 cm³/mol. The molecular weight excluding hydrogens is 530 g/mol. The van der Waals surface area contributed by atoms with Gasteiger partial charge in [-0.15, -0.1) is 0 Å². The predicted octanol–water partition coefficient (Wildman–Crippen LogP) is 4.93. The second-order valence-corrected chi connectivity index (χ2v) is 10.7. The van der Waals surface area contributed by atoms with Gasteiger partial charge in [-0.2, -0.15) is 5.10 Å². The highest BCUT2D eigenvalue weighted by Crippen LogP contribution is 2.33. The Morgan fingerprint density at radius 1 is 1.05 bits per heavy atom. The van der Waals surface area contributed by atoms with Gasteiger partial charge in [0, 0.05) is 56.0 Å². The van der Waals surface area contributed by atoms with Crippen LogP contribution in [-0.2, 0) is 11.3 Å².